The van der Waals surface area contributed by atoms with Crippen molar-refractivity contribution in [3.8, 4) is 0 Å². The highest BCUT2D eigenvalue weighted by Crippen LogP contribution is 2.51. The molecule has 1 N–H and O–H groups in total. The van der Waals surface area contributed by atoms with Gasteiger partial charge in [0.25, 0.3) is 0 Å². The van der Waals surface area contributed by atoms with Crippen molar-refractivity contribution in [3.05, 3.63) is 30.0 Å². The van der Waals surface area contributed by atoms with Crippen LogP contribution in [0.3, 0.4) is 0 Å². The van der Waals surface area contributed by atoms with Crippen LogP contribution < -0.4 is 4.90 Å². The van der Waals surface area contributed by atoms with Crippen LogP contribution in [0, 0.1) is 25.4 Å². The molecule has 1 aromatic carbocycles. The first-order chi connectivity index (χ1) is 16.3. The van der Waals surface area contributed by atoms with Crippen molar-refractivity contribution in [1.29, 1.82) is 0 Å². The Morgan fingerprint density at radius 3 is 2.63 bits per heavy atom. The summed E-state index contributed by atoms with van der Waals surface area (Å²) >= 11 is 6.03. The number of benzene rings is 1. The molecule has 1 aromatic heterocycles. The number of pyridine rings is 1. The van der Waals surface area contributed by atoms with Gasteiger partial charge in [-0.3, -0.25) is 15.0 Å². The largest absolute Gasteiger partial charge is 0.465 e. The number of thioether (sulfide) groups is 1. The first-order valence-corrected chi connectivity index (χ1v) is 13.6. The molecule has 3 aliphatic rings. The van der Waals surface area contributed by atoms with Crippen molar-refractivity contribution in [3.63, 3.8) is 0 Å². The number of carbonyl (C=O) groups is 2. The molecule has 5 rings (SSSR count). The lowest BCUT2D eigenvalue weighted by Crippen LogP contribution is -2.58. The highest BCUT2D eigenvalue weighted by atomic mass is 127. The van der Waals surface area contributed by atoms with Crippen molar-refractivity contribution >= 4 is 84.7 Å². The van der Waals surface area contributed by atoms with Gasteiger partial charge in [-0.25, -0.2) is 19.0 Å². The van der Waals surface area contributed by atoms with Crippen LogP contribution in [0.5, 0.6) is 0 Å². The van der Waals surface area contributed by atoms with E-state index in [4.69, 9.17) is 4.74 Å². The van der Waals surface area contributed by atoms with E-state index in [1.165, 1.54) is 11.0 Å². The van der Waals surface area contributed by atoms with Gasteiger partial charge >= 0.3 is 17.9 Å². The van der Waals surface area contributed by atoms with Crippen LogP contribution in [-0.2, 0) is 4.74 Å². The molecule has 35 heavy (non-hydrogen) atoms. The number of nitro groups is 1. The molecule has 2 amide bonds. The second kappa shape index (κ2) is 9.18. The molecular weight excluding hydrogens is 662 g/mol. The van der Waals surface area contributed by atoms with Gasteiger partial charge in [0, 0.05) is 21.4 Å². The molecule has 2 bridgehead atoms. The SMILES string of the molecule is CSc1nc2c(F)c(Br)c(I)cc2c(N(C(=O)OC(C)(C)C)[C@H]2C3CC2N(C(=O)O)C3)c1[N+](=O)[O-]. The molecule has 3 heterocycles. The van der Waals surface area contributed by atoms with E-state index in [0.717, 1.165) is 16.7 Å². The molecule has 0 spiro atoms. The van der Waals surface area contributed by atoms with Crippen LogP contribution in [0.25, 0.3) is 10.9 Å². The maximum absolute atomic E-state index is 15.3. The number of fused-ring (bicyclic) bond motifs is 2. The van der Waals surface area contributed by atoms with Crippen molar-refractivity contribution < 1.29 is 28.7 Å². The number of amides is 2. The number of aromatic nitrogens is 1. The summed E-state index contributed by atoms with van der Waals surface area (Å²) in [5.74, 6) is -0.963. The van der Waals surface area contributed by atoms with Gasteiger partial charge < -0.3 is 14.7 Å². The highest BCUT2D eigenvalue weighted by Gasteiger charge is 2.59. The van der Waals surface area contributed by atoms with Gasteiger partial charge in [-0.15, -0.1) is 11.8 Å². The molecule has 10 nitrogen and oxygen atoms in total. The summed E-state index contributed by atoms with van der Waals surface area (Å²) in [6.07, 6.45) is 0.0830. The first-order valence-electron chi connectivity index (χ1n) is 10.5. The maximum Gasteiger partial charge on any atom is 0.415 e. The van der Waals surface area contributed by atoms with Crippen LogP contribution in [0.1, 0.15) is 27.2 Å². The summed E-state index contributed by atoms with van der Waals surface area (Å²) < 4.78 is 21.6. The Kier molecular flexibility index (Phi) is 6.85. The van der Waals surface area contributed by atoms with Crippen LogP contribution >= 0.6 is 50.3 Å². The second-order valence-electron chi connectivity index (χ2n) is 9.30. The van der Waals surface area contributed by atoms with E-state index in [2.05, 4.69) is 20.9 Å². The molecule has 3 atom stereocenters. The predicted molar refractivity (Wildman–Crippen MR) is 140 cm³/mol. The zero-order valence-electron chi connectivity index (χ0n) is 19.0. The van der Waals surface area contributed by atoms with E-state index in [1.54, 1.807) is 27.0 Å². The fourth-order valence-corrected chi connectivity index (χ4v) is 6.07. The Hall–Kier alpha value is -1.94. The molecule has 1 saturated carbocycles. The average Bonchev–Trinajstić information content (AvgIpc) is 3.34. The lowest BCUT2D eigenvalue weighted by molar-refractivity contribution is -0.387. The number of carboxylic acid groups (broad SMARTS) is 1. The third kappa shape index (κ3) is 4.41. The summed E-state index contributed by atoms with van der Waals surface area (Å²) in [6.45, 7) is 5.17. The molecule has 188 valence electrons. The Labute approximate surface area is 226 Å². The molecule has 2 saturated heterocycles. The molecular formula is C21H21BrFIN4O6S. The summed E-state index contributed by atoms with van der Waals surface area (Å²) in [4.78, 5) is 43.7. The van der Waals surface area contributed by atoms with Crippen molar-refractivity contribution in [2.45, 2.75) is 49.9 Å². The van der Waals surface area contributed by atoms with Crippen LogP contribution in [0.15, 0.2) is 15.6 Å². The molecule has 14 heteroatoms. The minimum atomic E-state index is -1.13. The molecule has 1 aliphatic carbocycles. The van der Waals surface area contributed by atoms with E-state index < -0.39 is 46.3 Å². The summed E-state index contributed by atoms with van der Waals surface area (Å²) in [5.41, 5.74) is -1.68. The van der Waals surface area contributed by atoms with Crippen LogP contribution in [0.2, 0.25) is 0 Å². The quantitative estimate of drug-likeness (QED) is 0.140. The van der Waals surface area contributed by atoms with Gasteiger partial charge in [-0.05, 0) is 78.0 Å². The number of hydrogen-bond donors (Lipinski definition) is 1. The fourth-order valence-electron chi connectivity index (χ4n) is 4.67. The van der Waals surface area contributed by atoms with Gasteiger partial charge in [0.05, 0.1) is 21.5 Å². The summed E-state index contributed by atoms with van der Waals surface area (Å²) in [5, 5.41) is 22.0. The Bertz CT molecular complexity index is 1280. The predicted octanol–water partition coefficient (Wildman–Crippen LogP) is 5.86. The van der Waals surface area contributed by atoms with Crippen molar-refractivity contribution in [2.24, 2.45) is 5.92 Å². The number of carbonyl (C=O) groups excluding carboxylic acids is 1. The number of anilines is 1. The third-order valence-corrected chi connectivity index (χ3v) is 9.07. The average molecular weight is 683 g/mol. The fraction of sp³-hybridized carbons (Fsp3) is 0.476. The number of nitrogens with zero attached hydrogens (tertiary/aromatic N) is 4. The number of ether oxygens (including phenoxy) is 1. The number of rotatable bonds is 4. The molecule has 2 aromatic rings. The van der Waals surface area contributed by atoms with E-state index >= 15 is 4.39 Å². The monoisotopic (exact) mass is 682 g/mol. The Morgan fingerprint density at radius 1 is 1.46 bits per heavy atom. The third-order valence-electron chi connectivity index (χ3n) is 6.04. The van der Waals surface area contributed by atoms with Gasteiger partial charge in [0.15, 0.2) is 10.8 Å². The minimum Gasteiger partial charge on any atom is -0.465 e. The molecule has 2 aliphatic heterocycles. The van der Waals surface area contributed by atoms with Crippen molar-refractivity contribution in [1.82, 2.24) is 9.88 Å². The highest BCUT2D eigenvalue weighted by molar-refractivity contribution is 14.1. The van der Waals surface area contributed by atoms with Crippen molar-refractivity contribution in [2.75, 3.05) is 17.7 Å². The van der Waals surface area contributed by atoms with Gasteiger partial charge in [0.2, 0.25) is 0 Å². The number of hydrogen-bond acceptors (Lipinski definition) is 7. The zero-order valence-corrected chi connectivity index (χ0v) is 23.6. The smallest absolute Gasteiger partial charge is 0.415 e. The van der Waals surface area contributed by atoms with Gasteiger partial charge in [0.1, 0.15) is 16.8 Å². The maximum atomic E-state index is 15.3. The first kappa shape index (κ1) is 26.1. The lowest BCUT2D eigenvalue weighted by Gasteiger charge is -2.43. The zero-order chi connectivity index (χ0) is 26.0. The van der Waals surface area contributed by atoms with E-state index in [0.29, 0.717) is 9.99 Å². The normalized spacial score (nSPS) is 21.1. The van der Waals surface area contributed by atoms with Gasteiger partial charge in [-0.1, -0.05) is 0 Å². The van der Waals surface area contributed by atoms with Gasteiger partial charge in [-0.2, -0.15) is 0 Å². The van der Waals surface area contributed by atoms with Crippen LogP contribution in [-0.4, -0.2) is 62.6 Å². The Balaban J connectivity index is 2.06. The Morgan fingerprint density at radius 2 is 2.11 bits per heavy atom. The standard InChI is InChI=1S/C21H21BrFIN4O6S/c1-21(2,3)34-20(31)27(15-8-5-11(15)26(7-8)19(29)30)16-9-6-10(24)12(22)13(23)14(9)25-18(35-4)17(16)28(32)33/h6,8,11,15H,5,7H2,1-4H3,(H,29,30)/t8?,11?,15-/m0/s1. The summed E-state index contributed by atoms with van der Waals surface area (Å²) in [6, 6.07) is 0.254. The van der Waals surface area contributed by atoms with Crippen LogP contribution in [0.4, 0.5) is 25.4 Å². The topological polar surface area (TPSA) is 126 Å². The summed E-state index contributed by atoms with van der Waals surface area (Å²) in [7, 11) is 0. The van der Waals surface area contributed by atoms with E-state index in [1.807, 2.05) is 22.6 Å². The minimum absolute atomic E-state index is 0.0682. The lowest BCUT2D eigenvalue weighted by atomic mass is 9.78. The molecule has 2 unspecified atom stereocenters. The molecule has 0 radical (unpaired) electrons. The van der Waals surface area contributed by atoms with E-state index in [9.17, 15) is 24.8 Å². The van der Waals surface area contributed by atoms with E-state index in [-0.39, 0.29) is 38.6 Å². The number of halogens is 3. The second-order valence-corrected chi connectivity index (χ2v) is 12.0. The molecule has 3 fully saturated rings.